The molecule has 2 heterocycles. The van der Waals surface area contributed by atoms with Crippen molar-refractivity contribution in [1.29, 1.82) is 0 Å². The van der Waals surface area contributed by atoms with Gasteiger partial charge in [-0.25, -0.2) is 0 Å². The van der Waals surface area contributed by atoms with Gasteiger partial charge in [0.25, 0.3) is 0 Å². The summed E-state index contributed by atoms with van der Waals surface area (Å²) in [4.78, 5) is 15.8. The predicted octanol–water partition coefficient (Wildman–Crippen LogP) is 2.42. The second kappa shape index (κ2) is 4.28. The van der Waals surface area contributed by atoms with Crippen molar-refractivity contribution in [1.82, 2.24) is 9.55 Å². The minimum Gasteiger partial charge on any atom is -0.297 e. The van der Waals surface area contributed by atoms with Crippen molar-refractivity contribution in [2.75, 3.05) is 0 Å². The lowest BCUT2D eigenvalue weighted by molar-refractivity contribution is 0.735. The second-order valence-electron chi connectivity index (χ2n) is 3.20. The first-order chi connectivity index (χ1) is 7.16. The number of hydrogen-bond acceptors (Lipinski definition) is 3. The molecule has 0 aromatic carbocycles. The van der Waals surface area contributed by atoms with Crippen LogP contribution in [0.5, 0.6) is 0 Å². The summed E-state index contributed by atoms with van der Waals surface area (Å²) in [7, 11) is 0. The van der Waals surface area contributed by atoms with Gasteiger partial charge in [-0.05, 0) is 35.0 Å². The van der Waals surface area contributed by atoms with E-state index in [1.165, 1.54) is 11.3 Å². The maximum absolute atomic E-state index is 11.5. The van der Waals surface area contributed by atoms with Crippen LogP contribution < -0.4 is 4.87 Å². The van der Waals surface area contributed by atoms with Gasteiger partial charge in [0.1, 0.15) is 0 Å². The Balaban J connectivity index is 2.29. The van der Waals surface area contributed by atoms with Crippen LogP contribution in [-0.4, -0.2) is 9.55 Å². The van der Waals surface area contributed by atoms with Crippen molar-refractivity contribution in [2.24, 2.45) is 0 Å². The van der Waals surface area contributed by atoms with Gasteiger partial charge in [-0.1, -0.05) is 11.3 Å². The van der Waals surface area contributed by atoms with E-state index < -0.39 is 0 Å². The highest BCUT2D eigenvalue weighted by Gasteiger charge is 2.03. The van der Waals surface area contributed by atoms with Gasteiger partial charge >= 0.3 is 4.87 Å². The molecule has 5 heteroatoms. The molecule has 3 nitrogen and oxygen atoms in total. The molecule has 0 N–H and O–H groups in total. The topological polar surface area (TPSA) is 34.9 Å². The highest BCUT2D eigenvalue weighted by atomic mass is 79.9. The lowest BCUT2D eigenvalue weighted by Gasteiger charge is -2.03. The summed E-state index contributed by atoms with van der Waals surface area (Å²) in [6, 6.07) is 3.84. The summed E-state index contributed by atoms with van der Waals surface area (Å²) in [5.74, 6) is 0. The molecule has 78 valence electrons. The van der Waals surface area contributed by atoms with Crippen LogP contribution >= 0.6 is 27.3 Å². The molecule has 0 radical (unpaired) electrons. The molecular weight excluding hydrogens is 276 g/mol. The Morgan fingerprint density at radius 2 is 2.33 bits per heavy atom. The number of hydrogen-bond donors (Lipinski definition) is 0. The van der Waals surface area contributed by atoms with Crippen LogP contribution in [0.1, 0.15) is 11.4 Å². The number of halogens is 1. The summed E-state index contributed by atoms with van der Waals surface area (Å²) in [6.45, 7) is 2.47. The van der Waals surface area contributed by atoms with E-state index in [9.17, 15) is 4.79 Å². The average Bonchev–Trinajstić information content (AvgIpc) is 2.53. The Morgan fingerprint density at radius 3 is 2.87 bits per heavy atom. The molecular formula is C10H9BrN2OS. The molecule has 0 aliphatic carbocycles. The summed E-state index contributed by atoms with van der Waals surface area (Å²) in [5.41, 5.74) is 1.87. The molecule has 0 bridgehead atoms. The first-order valence-electron chi connectivity index (χ1n) is 4.42. The molecule has 2 rings (SSSR count). The number of aromatic nitrogens is 2. The third-order valence-electron chi connectivity index (χ3n) is 2.09. The molecule has 0 saturated heterocycles. The lowest BCUT2D eigenvalue weighted by Crippen LogP contribution is -2.15. The molecule has 0 saturated carbocycles. The third kappa shape index (κ3) is 2.35. The van der Waals surface area contributed by atoms with Crippen molar-refractivity contribution in [3.8, 4) is 0 Å². The van der Waals surface area contributed by atoms with E-state index >= 15 is 0 Å². The smallest absolute Gasteiger partial charge is 0.297 e. The third-order valence-corrected chi connectivity index (χ3v) is 3.44. The van der Waals surface area contributed by atoms with E-state index in [0.717, 1.165) is 15.9 Å². The summed E-state index contributed by atoms with van der Waals surface area (Å²) < 4.78 is 2.67. The fourth-order valence-electron chi connectivity index (χ4n) is 1.26. The predicted molar refractivity (Wildman–Crippen MR) is 64.4 cm³/mol. The van der Waals surface area contributed by atoms with Crippen LogP contribution in [0, 0.1) is 6.92 Å². The van der Waals surface area contributed by atoms with E-state index in [1.807, 2.05) is 24.4 Å². The zero-order valence-electron chi connectivity index (χ0n) is 8.11. The normalized spacial score (nSPS) is 10.5. The maximum atomic E-state index is 11.5. The number of nitrogens with zero attached hydrogens (tertiary/aromatic N) is 2. The van der Waals surface area contributed by atoms with Gasteiger partial charge < -0.3 is 0 Å². The number of rotatable bonds is 2. The van der Waals surface area contributed by atoms with Crippen molar-refractivity contribution < 1.29 is 0 Å². The zero-order chi connectivity index (χ0) is 10.8. The van der Waals surface area contributed by atoms with Crippen molar-refractivity contribution in [3.63, 3.8) is 0 Å². The van der Waals surface area contributed by atoms with E-state index in [-0.39, 0.29) is 4.87 Å². The highest BCUT2D eigenvalue weighted by Crippen LogP contribution is 2.09. The van der Waals surface area contributed by atoms with Gasteiger partial charge in [-0.2, -0.15) is 0 Å². The van der Waals surface area contributed by atoms with Crippen LogP contribution in [0.4, 0.5) is 0 Å². The van der Waals surface area contributed by atoms with Crippen molar-refractivity contribution in [3.05, 3.63) is 49.2 Å². The Morgan fingerprint density at radius 1 is 1.53 bits per heavy atom. The molecule has 0 aliphatic heterocycles. The van der Waals surface area contributed by atoms with E-state index in [2.05, 4.69) is 20.9 Å². The Bertz CT molecular complexity index is 515. The van der Waals surface area contributed by atoms with Gasteiger partial charge in [0.2, 0.25) is 0 Å². The Kier molecular flexibility index (Phi) is 3.02. The molecule has 0 spiro atoms. The molecule has 15 heavy (non-hydrogen) atoms. The fraction of sp³-hybridized carbons (Fsp3) is 0.200. The molecule has 2 aromatic rings. The molecule has 0 aliphatic rings. The lowest BCUT2D eigenvalue weighted by atomic mass is 10.3. The standard InChI is InChI=1S/C10H9BrN2OS/c1-7-6-15-10(14)13(7)5-9-3-2-8(11)4-12-9/h2-4,6H,5H2,1H3. The molecule has 0 fully saturated rings. The zero-order valence-corrected chi connectivity index (χ0v) is 10.5. The van der Waals surface area contributed by atoms with E-state index in [4.69, 9.17) is 0 Å². The van der Waals surface area contributed by atoms with Gasteiger partial charge in [-0.15, -0.1) is 0 Å². The van der Waals surface area contributed by atoms with Gasteiger partial charge in [0, 0.05) is 21.7 Å². The summed E-state index contributed by atoms with van der Waals surface area (Å²) in [6.07, 6.45) is 1.74. The molecule has 0 unspecified atom stereocenters. The first kappa shape index (κ1) is 10.6. The van der Waals surface area contributed by atoms with Crippen LogP contribution in [0.15, 0.2) is 33.0 Å². The quantitative estimate of drug-likeness (QED) is 0.849. The monoisotopic (exact) mass is 284 g/mol. The van der Waals surface area contributed by atoms with Crippen LogP contribution in [0.2, 0.25) is 0 Å². The first-order valence-corrected chi connectivity index (χ1v) is 6.09. The van der Waals surface area contributed by atoms with Gasteiger partial charge in [-0.3, -0.25) is 14.3 Å². The molecule has 0 amide bonds. The fourth-order valence-corrected chi connectivity index (χ4v) is 2.23. The Labute approximate surface area is 99.5 Å². The van der Waals surface area contributed by atoms with Gasteiger partial charge in [0.15, 0.2) is 0 Å². The van der Waals surface area contributed by atoms with Crippen LogP contribution in [0.25, 0.3) is 0 Å². The SMILES string of the molecule is Cc1csc(=O)n1Cc1ccc(Br)cn1. The number of thiazole rings is 1. The number of pyridine rings is 1. The maximum Gasteiger partial charge on any atom is 0.307 e. The minimum absolute atomic E-state index is 0.0669. The van der Waals surface area contributed by atoms with E-state index in [1.54, 1.807) is 10.8 Å². The minimum atomic E-state index is 0.0669. The Hall–Kier alpha value is -0.940. The summed E-state index contributed by atoms with van der Waals surface area (Å²) in [5, 5.41) is 1.86. The largest absolute Gasteiger partial charge is 0.307 e. The second-order valence-corrected chi connectivity index (χ2v) is 4.93. The van der Waals surface area contributed by atoms with Gasteiger partial charge in [0.05, 0.1) is 12.2 Å². The highest BCUT2D eigenvalue weighted by molar-refractivity contribution is 9.10. The van der Waals surface area contributed by atoms with Crippen LogP contribution in [-0.2, 0) is 6.54 Å². The summed E-state index contributed by atoms with van der Waals surface area (Å²) >= 11 is 4.55. The van der Waals surface area contributed by atoms with Crippen molar-refractivity contribution in [2.45, 2.75) is 13.5 Å². The van der Waals surface area contributed by atoms with Crippen molar-refractivity contribution >= 4 is 27.3 Å². The van der Waals surface area contributed by atoms with Crippen LogP contribution in [0.3, 0.4) is 0 Å². The number of aryl methyl sites for hydroxylation is 1. The average molecular weight is 285 g/mol. The molecule has 2 aromatic heterocycles. The van der Waals surface area contributed by atoms with E-state index in [0.29, 0.717) is 6.54 Å². The molecule has 0 atom stereocenters.